The SMILES string of the molecule is Cc1cccc2c1-c1c(C)c(C)c(C)c(C)c1-2.N=C=O.N=C=O. The van der Waals surface area contributed by atoms with Gasteiger partial charge in [-0.15, -0.1) is 0 Å². The lowest BCUT2D eigenvalue weighted by Crippen LogP contribution is -2.09. The summed E-state index contributed by atoms with van der Waals surface area (Å²) in [6.07, 6.45) is 1.50. The topological polar surface area (TPSA) is 81.8 Å². The summed E-state index contributed by atoms with van der Waals surface area (Å²) >= 11 is 0. The highest BCUT2D eigenvalue weighted by Crippen LogP contribution is 2.53. The highest BCUT2D eigenvalue weighted by Gasteiger charge is 2.29. The van der Waals surface area contributed by atoms with Crippen molar-refractivity contribution >= 4 is 12.2 Å². The second kappa shape index (κ2) is 7.46. The van der Waals surface area contributed by atoms with Crippen molar-refractivity contribution < 1.29 is 9.59 Å². The van der Waals surface area contributed by atoms with Crippen LogP contribution in [-0.2, 0) is 9.59 Å². The zero-order valence-electron chi connectivity index (χ0n) is 14.0. The normalized spacial score (nSPS) is 9.43. The lowest BCUT2D eigenvalue weighted by molar-refractivity contribution is 0.562. The molecular formula is C19H20N2O2. The molecule has 0 unspecified atom stereocenters. The van der Waals surface area contributed by atoms with Crippen LogP contribution in [0.15, 0.2) is 18.2 Å². The number of fused-ring (bicyclic) bond motifs is 4. The summed E-state index contributed by atoms with van der Waals surface area (Å²) < 4.78 is 0. The minimum Gasteiger partial charge on any atom is -0.222 e. The lowest BCUT2D eigenvalue weighted by atomic mass is 9.71. The summed E-state index contributed by atoms with van der Waals surface area (Å²) in [7, 11) is 0. The fraction of sp³-hybridized carbons (Fsp3) is 0.263. The molecule has 23 heavy (non-hydrogen) atoms. The van der Waals surface area contributed by atoms with E-state index in [0.29, 0.717) is 0 Å². The third-order valence-corrected chi connectivity index (χ3v) is 4.48. The molecule has 2 aromatic carbocycles. The summed E-state index contributed by atoms with van der Waals surface area (Å²) in [5, 5.41) is 10.8. The second-order valence-electron chi connectivity index (χ2n) is 5.45. The van der Waals surface area contributed by atoms with E-state index in [-0.39, 0.29) is 0 Å². The molecule has 0 saturated carbocycles. The van der Waals surface area contributed by atoms with Crippen LogP contribution in [-0.4, -0.2) is 12.2 Å². The van der Waals surface area contributed by atoms with Crippen molar-refractivity contribution in [2.75, 3.05) is 0 Å². The number of nitrogens with one attached hydrogen (secondary N) is 2. The van der Waals surface area contributed by atoms with Gasteiger partial charge in [0.25, 0.3) is 0 Å². The maximum absolute atomic E-state index is 8.35. The number of isocyanates is 2. The summed E-state index contributed by atoms with van der Waals surface area (Å²) in [5.74, 6) is 0. The number of hydrogen-bond acceptors (Lipinski definition) is 4. The first-order valence-corrected chi connectivity index (χ1v) is 7.15. The maximum Gasteiger partial charge on any atom is 0.231 e. The van der Waals surface area contributed by atoms with Gasteiger partial charge in [0, 0.05) is 0 Å². The van der Waals surface area contributed by atoms with Gasteiger partial charge in [-0.2, -0.15) is 0 Å². The van der Waals surface area contributed by atoms with Crippen molar-refractivity contribution in [3.8, 4) is 22.3 Å². The molecule has 0 radical (unpaired) electrons. The minimum atomic E-state index is 0.750. The quantitative estimate of drug-likeness (QED) is 0.467. The van der Waals surface area contributed by atoms with Crippen LogP contribution in [0.3, 0.4) is 0 Å². The maximum atomic E-state index is 8.35. The molecule has 1 aliphatic carbocycles. The molecule has 0 saturated heterocycles. The molecule has 0 aromatic heterocycles. The summed E-state index contributed by atoms with van der Waals surface area (Å²) in [4.78, 5) is 16.7. The monoisotopic (exact) mass is 308 g/mol. The molecule has 2 N–H and O–H groups in total. The molecule has 4 heteroatoms. The summed E-state index contributed by atoms with van der Waals surface area (Å²) in [6, 6.07) is 6.64. The van der Waals surface area contributed by atoms with E-state index < -0.39 is 0 Å². The minimum absolute atomic E-state index is 0.750. The van der Waals surface area contributed by atoms with Crippen LogP contribution in [0, 0.1) is 45.4 Å². The van der Waals surface area contributed by atoms with Crippen LogP contribution in [0.1, 0.15) is 27.8 Å². The first-order chi connectivity index (χ1) is 10.9. The van der Waals surface area contributed by atoms with Gasteiger partial charge in [0.15, 0.2) is 0 Å². The number of hydrogen-bond donors (Lipinski definition) is 2. The van der Waals surface area contributed by atoms with E-state index in [2.05, 4.69) is 52.8 Å². The summed E-state index contributed by atoms with van der Waals surface area (Å²) in [6.45, 7) is 11.2. The molecule has 0 bridgehead atoms. The van der Waals surface area contributed by atoms with Crippen molar-refractivity contribution in [2.24, 2.45) is 0 Å². The number of rotatable bonds is 0. The van der Waals surface area contributed by atoms with Crippen LogP contribution in [0.4, 0.5) is 0 Å². The van der Waals surface area contributed by atoms with Crippen molar-refractivity contribution in [3.63, 3.8) is 0 Å². The van der Waals surface area contributed by atoms with Gasteiger partial charge in [-0.3, -0.25) is 0 Å². The molecule has 0 aliphatic heterocycles. The molecule has 0 fully saturated rings. The van der Waals surface area contributed by atoms with Gasteiger partial charge >= 0.3 is 0 Å². The molecule has 0 spiro atoms. The molecular weight excluding hydrogens is 288 g/mol. The van der Waals surface area contributed by atoms with Crippen LogP contribution in [0.25, 0.3) is 22.3 Å². The Morgan fingerprint density at radius 1 is 0.696 bits per heavy atom. The van der Waals surface area contributed by atoms with Crippen LogP contribution in [0.2, 0.25) is 0 Å². The van der Waals surface area contributed by atoms with E-state index in [1.807, 2.05) is 0 Å². The fourth-order valence-electron chi connectivity index (χ4n) is 3.11. The molecule has 2 aromatic rings. The number of aryl methyl sites for hydroxylation is 1. The van der Waals surface area contributed by atoms with Crippen LogP contribution >= 0.6 is 0 Å². The molecule has 3 rings (SSSR count). The Morgan fingerprint density at radius 3 is 1.61 bits per heavy atom. The Balaban J connectivity index is 0.000000387. The summed E-state index contributed by atoms with van der Waals surface area (Å²) in [5.41, 5.74) is 13.1. The lowest BCUT2D eigenvalue weighted by Gasteiger charge is -2.32. The van der Waals surface area contributed by atoms with Gasteiger partial charge in [-0.1, -0.05) is 18.2 Å². The number of benzene rings is 2. The zero-order valence-corrected chi connectivity index (χ0v) is 14.0. The first kappa shape index (κ1) is 18.2. The highest BCUT2D eigenvalue weighted by molar-refractivity contribution is 6.07. The third-order valence-electron chi connectivity index (χ3n) is 4.48. The standard InChI is InChI=1S/C17H18.2CHNO/c1-9-7-6-8-14-15(9)17-13(5)11(3)10(2)12(4)16(14)17;2*2-1-3/h6-8H,1-5H3;2*2H. The Labute approximate surface area is 136 Å². The van der Waals surface area contributed by atoms with E-state index in [1.54, 1.807) is 0 Å². The van der Waals surface area contributed by atoms with E-state index in [1.165, 1.54) is 50.1 Å². The van der Waals surface area contributed by atoms with E-state index >= 15 is 0 Å². The molecule has 0 atom stereocenters. The smallest absolute Gasteiger partial charge is 0.222 e. The van der Waals surface area contributed by atoms with E-state index in [4.69, 9.17) is 20.4 Å². The average Bonchev–Trinajstić information content (AvgIpc) is 2.47. The molecule has 0 heterocycles. The predicted octanol–water partition coefficient (Wildman–Crippen LogP) is 4.68. The number of carbonyl (C=O) groups excluding carboxylic acids is 2. The van der Waals surface area contributed by atoms with Gasteiger partial charge in [-0.05, 0) is 84.7 Å². The third kappa shape index (κ3) is 3.04. The van der Waals surface area contributed by atoms with Crippen molar-refractivity contribution in [3.05, 3.63) is 46.0 Å². The Bertz CT molecular complexity index is 812. The Kier molecular flexibility index (Phi) is 5.92. The van der Waals surface area contributed by atoms with Crippen molar-refractivity contribution in [2.45, 2.75) is 34.6 Å². The van der Waals surface area contributed by atoms with Crippen LogP contribution < -0.4 is 0 Å². The van der Waals surface area contributed by atoms with Crippen LogP contribution in [0.5, 0.6) is 0 Å². The predicted molar refractivity (Wildman–Crippen MR) is 91.4 cm³/mol. The van der Waals surface area contributed by atoms with E-state index in [0.717, 1.165) is 12.2 Å². The molecule has 4 nitrogen and oxygen atoms in total. The molecule has 118 valence electrons. The van der Waals surface area contributed by atoms with E-state index in [9.17, 15) is 0 Å². The van der Waals surface area contributed by atoms with Gasteiger partial charge < -0.3 is 0 Å². The zero-order chi connectivity index (χ0) is 17.7. The fourth-order valence-corrected chi connectivity index (χ4v) is 3.11. The van der Waals surface area contributed by atoms with Gasteiger partial charge in [0.05, 0.1) is 0 Å². The van der Waals surface area contributed by atoms with Gasteiger partial charge in [-0.25, -0.2) is 20.4 Å². The van der Waals surface area contributed by atoms with Crippen molar-refractivity contribution in [1.82, 2.24) is 0 Å². The molecule has 1 aliphatic rings. The second-order valence-corrected chi connectivity index (χ2v) is 5.45. The highest BCUT2D eigenvalue weighted by atomic mass is 16.1. The largest absolute Gasteiger partial charge is 0.231 e. The van der Waals surface area contributed by atoms with Gasteiger partial charge in [0.1, 0.15) is 0 Å². The molecule has 0 amide bonds. The van der Waals surface area contributed by atoms with Gasteiger partial charge in [0.2, 0.25) is 12.2 Å². The Hall–Kier alpha value is -2.80. The van der Waals surface area contributed by atoms with Crippen molar-refractivity contribution in [1.29, 1.82) is 10.8 Å². The Morgan fingerprint density at radius 2 is 1.13 bits per heavy atom. The first-order valence-electron chi connectivity index (χ1n) is 7.15. The average molecular weight is 308 g/mol.